The fourth-order valence-electron chi connectivity index (χ4n) is 3.44. The molecule has 0 saturated carbocycles. The molecule has 2 aromatic heterocycles. The average Bonchev–Trinajstić information content (AvgIpc) is 3.16. The maximum absolute atomic E-state index is 12.9. The van der Waals surface area contributed by atoms with Crippen molar-refractivity contribution in [1.82, 2.24) is 19.1 Å². The molecule has 0 aliphatic rings. The highest BCUT2D eigenvalue weighted by Gasteiger charge is 2.17. The molecule has 0 unspecified atom stereocenters. The van der Waals surface area contributed by atoms with Gasteiger partial charge in [-0.15, -0.1) is 6.42 Å². The van der Waals surface area contributed by atoms with Gasteiger partial charge in [0.05, 0.1) is 6.54 Å². The Morgan fingerprint density at radius 1 is 1.16 bits per heavy atom. The Morgan fingerprint density at radius 3 is 2.65 bits per heavy atom. The number of halogens is 1. The molecule has 2 N–H and O–H groups in total. The predicted octanol–water partition coefficient (Wildman–Crippen LogP) is 2.71. The molecule has 0 radical (unpaired) electrons. The lowest BCUT2D eigenvalue weighted by Crippen LogP contribution is -2.40. The third kappa shape index (κ3) is 5.33. The molecular weight excluding hydrogens is 464 g/mol. The van der Waals surface area contributed by atoms with Gasteiger partial charge in [-0.2, -0.15) is 0 Å². The third-order valence-electron chi connectivity index (χ3n) is 5.02. The molecule has 8 nitrogen and oxygen atoms in total. The number of unbranched alkanes of at least 4 members (excludes halogenated alkanes) is 2. The topological polar surface area (TPSA) is 110 Å². The number of aryl methyl sites for hydroxylation is 3. The van der Waals surface area contributed by atoms with Gasteiger partial charge in [0.25, 0.3) is 5.56 Å². The quantitative estimate of drug-likeness (QED) is 0.338. The second kappa shape index (κ2) is 10.3. The smallest absolute Gasteiger partial charge is 0.333 e. The standard InChI is InChI=1S/C22H23BrN4O4/c1-2-13-27-21(30)19-20(26(22(27)31)14-7-3-4-10-18(28)29)25-17(24-19)12-11-15-8-5-6-9-16(15)23/h1,5-6,8-9H,3-4,7,10-14H2,(H,24,25)(H,28,29). The van der Waals surface area contributed by atoms with Gasteiger partial charge in [0.15, 0.2) is 5.65 Å². The molecule has 0 bridgehead atoms. The summed E-state index contributed by atoms with van der Waals surface area (Å²) in [4.78, 5) is 44.0. The summed E-state index contributed by atoms with van der Waals surface area (Å²) in [6, 6.07) is 7.88. The average molecular weight is 487 g/mol. The lowest BCUT2D eigenvalue weighted by molar-refractivity contribution is -0.137. The van der Waals surface area contributed by atoms with Crippen LogP contribution in [0, 0.1) is 12.3 Å². The van der Waals surface area contributed by atoms with Gasteiger partial charge in [-0.3, -0.25) is 14.2 Å². The van der Waals surface area contributed by atoms with Crippen LogP contribution < -0.4 is 11.2 Å². The molecule has 0 fully saturated rings. The fraction of sp³-hybridized carbons (Fsp3) is 0.364. The van der Waals surface area contributed by atoms with E-state index >= 15 is 0 Å². The monoisotopic (exact) mass is 486 g/mol. The molecular formula is C22H23BrN4O4. The number of benzene rings is 1. The Morgan fingerprint density at radius 2 is 1.94 bits per heavy atom. The maximum atomic E-state index is 12.9. The lowest BCUT2D eigenvalue weighted by Gasteiger charge is -2.09. The molecule has 1 aromatic carbocycles. The molecule has 31 heavy (non-hydrogen) atoms. The largest absolute Gasteiger partial charge is 0.481 e. The summed E-state index contributed by atoms with van der Waals surface area (Å²) in [5.74, 6) is 2.12. The SMILES string of the molecule is C#CCn1c(=O)c2[nH]c(CCc3ccccc3Br)nc2n(CCCCCC(=O)O)c1=O. The molecule has 3 aromatic rings. The van der Waals surface area contributed by atoms with Crippen molar-refractivity contribution in [2.45, 2.75) is 51.6 Å². The molecule has 0 spiro atoms. The minimum atomic E-state index is -0.843. The number of hydrogen-bond acceptors (Lipinski definition) is 4. The number of terminal acetylenes is 1. The predicted molar refractivity (Wildman–Crippen MR) is 121 cm³/mol. The Bertz CT molecular complexity index is 1250. The van der Waals surface area contributed by atoms with Crippen molar-refractivity contribution in [1.29, 1.82) is 0 Å². The van der Waals surface area contributed by atoms with E-state index in [0.717, 1.165) is 14.6 Å². The van der Waals surface area contributed by atoms with Gasteiger partial charge in [0.2, 0.25) is 0 Å². The summed E-state index contributed by atoms with van der Waals surface area (Å²) in [5.41, 5.74) is 0.687. The van der Waals surface area contributed by atoms with E-state index in [4.69, 9.17) is 11.5 Å². The number of hydrogen-bond donors (Lipinski definition) is 2. The van der Waals surface area contributed by atoms with E-state index in [-0.39, 0.29) is 18.5 Å². The van der Waals surface area contributed by atoms with Gasteiger partial charge >= 0.3 is 11.7 Å². The van der Waals surface area contributed by atoms with Crippen molar-refractivity contribution in [3.05, 3.63) is 61.0 Å². The molecule has 0 amide bonds. The van der Waals surface area contributed by atoms with Crippen molar-refractivity contribution in [3.63, 3.8) is 0 Å². The molecule has 9 heteroatoms. The van der Waals surface area contributed by atoms with E-state index in [2.05, 4.69) is 31.8 Å². The Hall–Kier alpha value is -3.12. The van der Waals surface area contributed by atoms with E-state index in [0.29, 0.717) is 50.1 Å². The molecule has 0 saturated heterocycles. The first-order valence-electron chi connectivity index (χ1n) is 10.0. The van der Waals surface area contributed by atoms with Crippen LogP contribution in [0.15, 0.2) is 38.3 Å². The van der Waals surface area contributed by atoms with Crippen LogP contribution in [0.2, 0.25) is 0 Å². The summed E-state index contributed by atoms with van der Waals surface area (Å²) in [6.07, 6.45) is 8.47. The normalized spacial score (nSPS) is 11.0. The van der Waals surface area contributed by atoms with E-state index < -0.39 is 17.2 Å². The van der Waals surface area contributed by atoms with Crippen molar-refractivity contribution in [2.75, 3.05) is 0 Å². The van der Waals surface area contributed by atoms with E-state index in [1.807, 2.05) is 24.3 Å². The number of carboxylic acids is 1. The molecule has 162 valence electrons. The molecule has 0 aliphatic heterocycles. The number of rotatable bonds is 10. The highest BCUT2D eigenvalue weighted by Crippen LogP contribution is 2.18. The van der Waals surface area contributed by atoms with Gasteiger partial charge in [-0.05, 0) is 30.9 Å². The second-order valence-corrected chi connectivity index (χ2v) is 8.06. The lowest BCUT2D eigenvalue weighted by atomic mass is 10.1. The van der Waals surface area contributed by atoms with Crippen molar-refractivity contribution >= 4 is 33.1 Å². The third-order valence-corrected chi connectivity index (χ3v) is 5.79. The Balaban J connectivity index is 1.90. The number of nitrogens with zero attached hydrogens (tertiary/aromatic N) is 3. The number of imidazole rings is 1. The van der Waals surface area contributed by atoms with Gasteiger partial charge in [0, 0.05) is 23.9 Å². The van der Waals surface area contributed by atoms with E-state index in [9.17, 15) is 14.4 Å². The first-order chi connectivity index (χ1) is 14.9. The van der Waals surface area contributed by atoms with Crippen LogP contribution >= 0.6 is 15.9 Å². The maximum Gasteiger partial charge on any atom is 0.333 e. The number of H-pyrrole nitrogens is 1. The molecule has 2 heterocycles. The van der Waals surface area contributed by atoms with Crippen LogP contribution in [-0.4, -0.2) is 30.2 Å². The van der Waals surface area contributed by atoms with Crippen molar-refractivity contribution in [3.8, 4) is 12.3 Å². The highest BCUT2D eigenvalue weighted by atomic mass is 79.9. The number of aromatic amines is 1. The van der Waals surface area contributed by atoms with Crippen molar-refractivity contribution < 1.29 is 9.90 Å². The molecule has 0 aliphatic carbocycles. The molecule has 3 rings (SSSR count). The van der Waals surface area contributed by atoms with Gasteiger partial charge < -0.3 is 10.1 Å². The zero-order valence-corrected chi connectivity index (χ0v) is 18.5. The summed E-state index contributed by atoms with van der Waals surface area (Å²) in [6.45, 7) is 0.201. The summed E-state index contributed by atoms with van der Waals surface area (Å²) in [5, 5.41) is 8.76. The zero-order chi connectivity index (χ0) is 22.4. The number of nitrogens with one attached hydrogen (secondary N) is 1. The van der Waals surface area contributed by atoms with Crippen LogP contribution in [0.4, 0.5) is 0 Å². The zero-order valence-electron chi connectivity index (χ0n) is 16.9. The first-order valence-corrected chi connectivity index (χ1v) is 10.8. The van der Waals surface area contributed by atoms with Gasteiger partial charge in [-0.1, -0.05) is 46.5 Å². The number of carbonyl (C=O) groups is 1. The minimum Gasteiger partial charge on any atom is -0.481 e. The van der Waals surface area contributed by atoms with Crippen LogP contribution in [0.5, 0.6) is 0 Å². The van der Waals surface area contributed by atoms with Crippen LogP contribution in [0.25, 0.3) is 11.2 Å². The second-order valence-electron chi connectivity index (χ2n) is 7.21. The van der Waals surface area contributed by atoms with E-state index in [1.165, 1.54) is 4.57 Å². The van der Waals surface area contributed by atoms with Crippen LogP contribution in [0.1, 0.15) is 37.1 Å². The van der Waals surface area contributed by atoms with Gasteiger partial charge in [-0.25, -0.2) is 14.3 Å². The fourth-order valence-corrected chi connectivity index (χ4v) is 3.93. The summed E-state index contributed by atoms with van der Waals surface area (Å²) in [7, 11) is 0. The highest BCUT2D eigenvalue weighted by molar-refractivity contribution is 9.10. The Labute approximate surface area is 187 Å². The van der Waals surface area contributed by atoms with E-state index in [1.54, 1.807) is 0 Å². The van der Waals surface area contributed by atoms with Crippen LogP contribution in [0.3, 0.4) is 0 Å². The number of aliphatic carboxylic acids is 1. The Kier molecular flexibility index (Phi) is 7.47. The minimum absolute atomic E-state index is 0.0858. The first kappa shape index (κ1) is 22.6. The number of aromatic nitrogens is 4. The van der Waals surface area contributed by atoms with Crippen molar-refractivity contribution in [2.24, 2.45) is 0 Å². The number of carboxylic acid groups (broad SMARTS) is 1. The molecule has 0 atom stereocenters. The van der Waals surface area contributed by atoms with Gasteiger partial charge in [0.1, 0.15) is 11.3 Å². The van der Waals surface area contributed by atoms with Crippen LogP contribution in [-0.2, 0) is 30.7 Å². The number of fused-ring (bicyclic) bond motifs is 1. The summed E-state index contributed by atoms with van der Waals surface area (Å²) < 4.78 is 3.48. The summed E-state index contributed by atoms with van der Waals surface area (Å²) >= 11 is 3.53.